The van der Waals surface area contributed by atoms with Gasteiger partial charge in [0.15, 0.2) is 23.0 Å². The van der Waals surface area contributed by atoms with Gasteiger partial charge in [-0.2, -0.15) is 0 Å². The summed E-state index contributed by atoms with van der Waals surface area (Å²) in [6.45, 7) is 2.32. The van der Waals surface area contributed by atoms with Crippen molar-refractivity contribution in [3.05, 3.63) is 35.4 Å². The summed E-state index contributed by atoms with van der Waals surface area (Å²) in [4.78, 5) is 12.2. The second-order valence-corrected chi connectivity index (χ2v) is 7.48. The van der Waals surface area contributed by atoms with Crippen molar-refractivity contribution < 1.29 is 38.0 Å². The zero-order valence-electron chi connectivity index (χ0n) is 18.2. The van der Waals surface area contributed by atoms with E-state index in [-0.39, 0.29) is 30.5 Å². The Kier molecular flexibility index (Phi) is 5.71. The van der Waals surface area contributed by atoms with Crippen molar-refractivity contribution in [3.63, 3.8) is 0 Å². The smallest absolute Gasteiger partial charge is 0.309 e. The van der Waals surface area contributed by atoms with E-state index in [0.717, 1.165) is 11.1 Å². The molecule has 0 aliphatic carbocycles. The molecule has 0 radical (unpaired) electrons. The standard InChI is InChI=1S/C23H26O8/c1-12-15(10-29-23(12)24)20(13-6-16(25-2)21(28-5)17(7-13)26-3)14-8-18(27-4)22-19(9-14)30-11-31-22/h6-9,12,15,20H,10-11H2,1-5H3/t12-,15+,20+/m0/s1. The van der Waals surface area contributed by atoms with Gasteiger partial charge in [0.2, 0.25) is 18.3 Å². The first-order valence-corrected chi connectivity index (χ1v) is 9.96. The van der Waals surface area contributed by atoms with Gasteiger partial charge in [-0.05, 0) is 35.4 Å². The highest BCUT2D eigenvalue weighted by Gasteiger charge is 2.41. The van der Waals surface area contributed by atoms with Crippen LogP contribution in [0.4, 0.5) is 0 Å². The van der Waals surface area contributed by atoms with Crippen molar-refractivity contribution in [3.8, 4) is 34.5 Å². The van der Waals surface area contributed by atoms with Crippen LogP contribution in [0, 0.1) is 11.8 Å². The molecule has 0 N–H and O–H groups in total. The zero-order valence-corrected chi connectivity index (χ0v) is 18.2. The predicted molar refractivity (Wildman–Crippen MR) is 111 cm³/mol. The van der Waals surface area contributed by atoms with E-state index in [1.165, 1.54) is 0 Å². The average Bonchev–Trinajstić information content (AvgIpc) is 3.40. The number of ether oxygens (including phenoxy) is 7. The van der Waals surface area contributed by atoms with Crippen LogP contribution in [-0.4, -0.2) is 47.8 Å². The third-order valence-electron chi connectivity index (χ3n) is 5.95. The Morgan fingerprint density at radius 3 is 2.00 bits per heavy atom. The van der Waals surface area contributed by atoms with Gasteiger partial charge in [0.25, 0.3) is 0 Å². The molecule has 1 fully saturated rings. The minimum absolute atomic E-state index is 0.111. The van der Waals surface area contributed by atoms with E-state index in [1.807, 2.05) is 31.2 Å². The van der Waals surface area contributed by atoms with Gasteiger partial charge >= 0.3 is 5.97 Å². The van der Waals surface area contributed by atoms with Crippen LogP contribution in [0.3, 0.4) is 0 Å². The second-order valence-electron chi connectivity index (χ2n) is 7.48. The molecular weight excluding hydrogens is 404 g/mol. The second kappa shape index (κ2) is 8.45. The summed E-state index contributed by atoms with van der Waals surface area (Å²) >= 11 is 0. The molecule has 2 aliphatic heterocycles. The molecule has 0 bridgehead atoms. The number of carbonyl (C=O) groups is 1. The Bertz CT molecular complexity index is 961. The first-order chi connectivity index (χ1) is 15.0. The Morgan fingerprint density at radius 1 is 0.839 bits per heavy atom. The first-order valence-electron chi connectivity index (χ1n) is 9.96. The Hall–Kier alpha value is -3.29. The highest BCUT2D eigenvalue weighted by molar-refractivity contribution is 5.75. The molecule has 2 aliphatic rings. The number of cyclic esters (lactones) is 1. The van der Waals surface area contributed by atoms with E-state index in [2.05, 4.69) is 0 Å². The number of hydrogen-bond donors (Lipinski definition) is 0. The molecule has 0 aromatic heterocycles. The lowest BCUT2D eigenvalue weighted by Gasteiger charge is -2.27. The number of carbonyl (C=O) groups excluding carboxylic acids is 1. The van der Waals surface area contributed by atoms with Gasteiger partial charge < -0.3 is 33.2 Å². The topological polar surface area (TPSA) is 81.7 Å². The predicted octanol–water partition coefficient (Wildman–Crippen LogP) is 3.39. The molecule has 1 saturated heterocycles. The van der Waals surface area contributed by atoms with Gasteiger partial charge in [-0.3, -0.25) is 4.79 Å². The molecule has 2 heterocycles. The molecule has 0 unspecified atom stereocenters. The van der Waals surface area contributed by atoms with Crippen LogP contribution in [0.2, 0.25) is 0 Å². The molecule has 2 aromatic carbocycles. The molecule has 3 atom stereocenters. The first kappa shape index (κ1) is 21.0. The fraction of sp³-hybridized carbons (Fsp3) is 0.435. The van der Waals surface area contributed by atoms with E-state index in [4.69, 9.17) is 33.2 Å². The van der Waals surface area contributed by atoms with Crippen LogP contribution in [0.15, 0.2) is 24.3 Å². The highest BCUT2D eigenvalue weighted by Crippen LogP contribution is 2.50. The lowest BCUT2D eigenvalue weighted by atomic mass is 9.76. The number of benzene rings is 2. The van der Waals surface area contributed by atoms with Crippen molar-refractivity contribution >= 4 is 5.97 Å². The lowest BCUT2D eigenvalue weighted by molar-refractivity contribution is -0.140. The number of methoxy groups -OCH3 is 4. The maximum atomic E-state index is 12.2. The van der Waals surface area contributed by atoms with Crippen LogP contribution in [0.1, 0.15) is 24.0 Å². The zero-order chi connectivity index (χ0) is 22.1. The van der Waals surface area contributed by atoms with Gasteiger partial charge in [0, 0.05) is 11.8 Å². The molecule has 4 rings (SSSR count). The van der Waals surface area contributed by atoms with E-state index in [1.54, 1.807) is 28.4 Å². The van der Waals surface area contributed by atoms with Gasteiger partial charge in [0.1, 0.15) is 0 Å². The van der Waals surface area contributed by atoms with Crippen molar-refractivity contribution in [2.75, 3.05) is 41.8 Å². The average molecular weight is 430 g/mol. The van der Waals surface area contributed by atoms with Crippen molar-refractivity contribution in [2.45, 2.75) is 12.8 Å². The van der Waals surface area contributed by atoms with Crippen LogP contribution >= 0.6 is 0 Å². The molecular formula is C23H26O8. The fourth-order valence-electron chi connectivity index (χ4n) is 4.31. The largest absolute Gasteiger partial charge is 0.493 e. The van der Waals surface area contributed by atoms with Crippen molar-refractivity contribution in [2.24, 2.45) is 11.8 Å². The third-order valence-corrected chi connectivity index (χ3v) is 5.95. The summed E-state index contributed by atoms with van der Waals surface area (Å²) in [5, 5.41) is 0. The molecule has 8 nitrogen and oxygen atoms in total. The Balaban J connectivity index is 1.91. The van der Waals surface area contributed by atoms with Gasteiger partial charge in [0.05, 0.1) is 41.0 Å². The summed E-state index contributed by atoms with van der Waals surface area (Å²) in [6.07, 6.45) is 0. The molecule has 2 aromatic rings. The van der Waals surface area contributed by atoms with Crippen LogP contribution in [-0.2, 0) is 9.53 Å². The SMILES string of the molecule is COc1cc([C@H](c2cc(OC)c3c(c2)OCO3)[C@@H]2COC(=O)[C@H]2C)cc(OC)c1OC. The lowest BCUT2D eigenvalue weighted by Crippen LogP contribution is -2.22. The number of esters is 1. The number of hydrogen-bond acceptors (Lipinski definition) is 8. The minimum Gasteiger partial charge on any atom is -0.493 e. The molecule has 8 heteroatoms. The van der Waals surface area contributed by atoms with Crippen LogP contribution in [0.5, 0.6) is 34.5 Å². The van der Waals surface area contributed by atoms with E-state index >= 15 is 0 Å². The summed E-state index contributed by atoms with van der Waals surface area (Å²) in [5.41, 5.74) is 1.80. The van der Waals surface area contributed by atoms with Crippen LogP contribution in [0.25, 0.3) is 0 Å². The maximum absolute atomic E-state index is 12.2. The molecule has 0 amide bonds. The van der Waals surface area contributed by atoms with Gasteiger partial charge in [-0.1, -0.05) is 6.92 Å². The van der Waals surface area contributed by atoms with Crippen LogP contribution < -0.4 is 28.4 Å². The normalized spacial score (nSPS) is 20.2. The van der Waals surface area contributed by atoms with Crippen molar-refractivity contribution in [1.82, 2.24) is 0 Å². The minimum atomic E-state index is -0.291. The number of rotatable bonds is 7. The van der Waals surface area contributed by atoms with Gasteiger partial charge in [-0.25, -0.2) is 0 Å². The van der Waals surface area contributed by atoms with E-state index < -0.39 is 0 Å². The number of fused-ring (bicyclic) bond motifs is 1. The molecule has 0 saturated carbocycles. The Morgan fingerprint density at radius 2 is 1.45 bits per heavy atom. The fourth-order valence-corrected chi connectivity index (χ4v) is 4.31. The highest BCUT2D eigenvalue weighted by atomic mass is 16.7. The quantitative estimate of drug-likeness (QED) is 0.619. The molecule has 31 heavy (non-hydrogen) atoms. The summed E-state index contributed by atoms with van der Waals surface area (Å²) in [5.74, 6) is 2.48. The Labute approximate surface area is 180 Å². The van der Waals surface area contributed by atoms with Crippen molar-refractivity contribution in [1.29, 1.82) is 0 Å². The van der Waals surface area contributed by atoms with E-state index in [9.17, 15) is 4.79 Å². The maximum Gasteiger partial charge on any atom is 0.309 e. The summed E-state index contributed by atoms with van der Waals surface area (Å²) in [6, 6.07) is 7.64. The summed E-state index contributed by atoms with van der Waals surface area (Å²) in [7, 11) is 6.29. The summed E-state index contributed by atoms with van der Waals surface area (Å²) < 4.78 is 38.7. The third kappa shape index (κ3) is 3.56. The van der Waals surface area contributed by atoms with Gasteiger partial charge in [-0.15, -0.1) is 0 Å². The monoisotopic (exact) mass is 430 g/mol. The van der Waals surface area contributed by atoms with E-state index in [0.29, 0.717) is 41.1 Å². The molecule has 166 valence electrons. The molecule has 0 spiro atoms.